The summed E-state index contributed by atoms with van der Waals surface area (Å²) in [7, 11) is 0. The third kappa shape index (κ3) is 17.5. The van der Waals surface area contributed by atoms with Gasteiger partial charge in [-0.25, -0.2) is 57.1 Å². The summed E-state index contributed by atoms with van der Waals surface area (Å²) in [6, 6.07) is 9.59. The topological polar surface area (TPSA) is 415 Å². The maximum absolute atomic E-state index is 14.2. The van der Waals surface area contributed by atoms with E-state index in [0.29, 0.717) is 64.4 Å². The number of nitrogens with one attached hydrogen (secondary N) is 3. The Balaban J connectivity index is 0.000000161. The molecule has 18 atom stereocenters. The number of hydrogen-bond acceptors (Lipinski definition) is 30. The molecule has 0 unspecified atom stereocenters. The summed E-state index contributed by atoms with van der Waals surface area (Å²) in [4.78, 5) is 26.6. The Morgan fingerprint density at radius 3 is 1.12 bits per heavy atom. The highest BCUT2D eigenvalue weighted by atomic mass is 32.2. The Kier molecular flexibility index (Phi) is 19.4. The molecule has 6 aromatic heterocycles. The number of thioether (sulfide) groups is 3. The summed E-state index contributed by atoms with van der Waals surface area (Å²) in [6.07, 6.45) is -13.4. The Hall–Kier alpha value is -7.14. The maximum atomic E-state index is 14.2. The zero-order valence-electron chi connectivity index (χ0n) is 76.0. The molecule has 6 aliphatic carbocycles. The molecule has 0 aliphatic heterocycles. The van der Waals surface area contributed by atoms with E-state index in [4.69, 9.17) is 42.6 Å². The quantitative estimate of drug-likeness (QED) is 0.0168. The molecular formula is C72H93F3N18O12S3. The predicted molar refractivity (Wildman–Crippen MR) is 398 cm³/mol. The lowest BCUT2D eigenvalue weighted by Crippen LogP contribution is -2.33. The van der Waals surface area contributed by atoms with Gasteiger partial charge in [0, 0.05) is 87.3 Å². The van der Waals surface area contributed by atoms with Crippen LogP contribution in [0.5, 0.6) is 0 Å². The number of aliphatic hydroxyl groups excluding tert-OH is 8. The molecule has 9 aromatic rings. The number of aliphatic hydroxyl groups is 9. The summed E-state index contributed by atoms with van der Waals surface area (Å²) < 4.78 is 199. The van der Waals surface area contributed by atoms with Crippen LogP contribution < -0.4 is 16.0 Å². The van der Waals surface area contributed by atoms with Gasteiger partial charge in [-0.3, -0.25) is 0 Å². The third-order valence-electron chi connectivity index (χ3n) is 19.1. The lowest BCUT2D eigenvalue weighted by Gasteiger charge is -2.17. The largest absolute Gasteiger partial charge is 0.394 e. The van der Waals surface area contributed by atoms with E-state index in [0.717, 1.165) is 30.4 Å². The standard InChI is InChI=1S/3C24H31FN6O4S/c3*1-3-8-36-24-27-22(26-16-10-14(16)13-5-4-12(2)15(25)9-13)19-23(28-24)31(30-29-19)17-11-18(35-7-6-32)21(34)20(17)33/h3*4-5,9,14,16-18,20-21,32-34H,3,6-8,10-11H2,1-2H3,(H,26,27,28)/t3*14-,16+,17+,18-,20-,21+/m000/s1/i6D2,7D2,8D2,14D;7D2,8D2,14D;3D2,8D2,14D. The summed E-state index contributed by atoms with van der Waals surface area (Å²) in [5.41, 5.74) is -2.35. The summed E-state index contributed by atoms with van der Waals surface area (Å²) >= 11 is 1.98. The number of halogens is 3. The van der Waals surface area contributed by atoms with Gasteiger partial charge in [-0.2, -0.15) is 0 Å². The minimum Gasteiger partial charge on any atom is -0.394 e. The number of fused-ring (bicyclic) bond motifs is 3. The molecule has 6 saturated carbocycles. The number of rotatable bonds is 30. The second-order valence-corrected chi connectivity index (χ2v) is 28.8. The van der Waals surface area contributed by atoms with E-state index >= 15 is 0 Å². The second kappa shape index (κ2) is 35.1. The average molecular weight is 1570 g/mol. The van der Waals surface area contributed by atoms with Crippen molar-refractivity contribution in [1.82, 2.24) is 74.9 Å². The van der Waals surface area contributed by atoms with Crippen LogP contribution in [0.3, 0.4) is 0 Å². The first-order chi connectivity index (χ1) is 58.2. The lowest BCUT2D eigenvalue weighted by molar-refractivity contribution is -0.0629. The van der Waals surface area contributed by atoms with E-state index in [1.807, 2.05) is 0 Å². The van der Waals surface area contributed by atoms with Crippen molar-refractivity contribution in [2.75, 3.05) is 72.6 Å². The van der Waals surface area contributed by atoms with Crippen molar-refractivity contribution in [3.8, 4) is 0 Å². The minimum atomic E-state index is -3.39. The molecule has 3 aromatic carbocycles. The second-order valence-electron chi connectivity index (χ2n) is 26.3. The van der Waals surface area contributed by atoms with E-state index in [2.05, 4.69) is 76.8 Å². The van der Waals surface area contributed by atoms with Crippen LogP contribution in [0.4, 0.5) is 30.6 Å². The van der Waals surface area contributed by atoms with Crippen molar-refractivity contribution in [3.05, 3.63) is 105 Å². The number of hydrogen-bond donors (Lipinski definition) is 12. The fraction of sp³-hybridized carbons (Fsp3) is 0.583. The first-order valence-electron chi connectivity index (χ1n) is 43.3. The highest BCUT2D eigenvalue weighted by molar-refractivity contribution is 7.99. The van der Waals surface area contributed by atoms with Crippen molar-refractivity contribution in [1.29, 1.82) is 0 Å². The lowest BCUT2D eigenvalue weighted by atomic mass is 10.1. The molecule has 582 valence electrons. The van der Waals surface area contributed by atoms with Crippen LogP contribution in [0, 0.1) is 38.2 Å². The van der Waals surface area contributed by atoms with Crippen LogP contribution in [0.1, 0.15) is 171 Å². The number of aryl methyl sites for hydroxylation is 3. The molecule has 0 spiro atoms. The van der Waals surface area contributed by atoms with E-state index in [-0.39, 0.29) is 112 Å². The molecule has 0 bridgehead atoms. The van der Waals surface area contributed by atoms with Crippen molar-refractivity contribution in [2.24, 2.45) is 0 Å². The van der Waals surface area contributed by atoms with Crippen LogP contribution in [0.25, 0.3) is 33.5 Å². The number of aromatic nitrogens is 15. The zero-order chi connectivity index (χ0) is 91.5. The highest BCUT2D eigenvalue weighted by Crippen LogP contribution is 2.48. The molecule has 0 saturated heterocycles. The SMILES string of the molecule is [2H]C([2H])(C)C([2H])([2H])Sc1nc(N[C@@H]2C[C@@]2([2H])c2ccc(C)c(F)c2)c2nnn([C@@H]3C[C@H](OCCO)[C@@H](O)[C@H]3O)c2n1.[2H]C([2H])(CC)Sc1nc(N[C@@H]2C[C@@]2([2H])c2ccc(C)c(F)c2)c2nnn([C@@H]3C[C@H](OC([2H])([2H])C([2H])([2H])O)[C@@H](O)[C@H]3O)c2n1.[2H]C([2H])(CO)O[C@H]1C[C@@H](n2nnc3c(N[C@@H]4C[C@@]4([2H])c4ccc(C)c(F)c4)nc(SC([2H])([2H])CC)nc32)[C@H](O)[C@@H]1O. The fourth-order valence-corrected chi connectivity index (χ4v) is 14.7. The molecule has 0 amide bonds. The van der Waals surface area contributed by atoms with Gasteiger partial charge < -0.3 is 76.1 Å². The van der Waals surface area contributed by atoms with Gasteiger partial charge in [-0.1, -0.05) is 108 Å². The molecule has 30 nitrogen and oxygen atoms in total. The minimum absolute atomic E-state index is 0.00587. The predicted octanol–water partition coefficient (Wildman–Crippen LogP) is 6.55. The van der Waals surface area contributed by atoms with Gasteiger partial charge in [-0.05, 0) is 111 Å². The molecule has 36 heteroatoms. The zero-order valence-corrected chi connectivity index (χ0v) is 61.4. The molecule has 6 heterocycles. The molecule has 15 rings (SSSR count). The Morgan fingerprint density at radius 2 is 0.806 bits per heavy atom. The van der Waals surface area contributed by atoms with Gasteiger partial charge in [0.05, 0.1) is 84.2 Å². The smallest absolute Gasteiger partial charge is 0.191 e. The molecule has 12 N–H and O–H groups in total. The van der Waals surface area contributed by atoms with Gasteiger partial charge in [-0.15, -0.1) is 15.3 Å². The van der Waals surface area contributed by atoms with E-state index < -0.39 is 176 Å². The molecule has 0 radical (unpaired) electrons. The Labute approximate surface area is 657 Å². The van der Waals surface area contributed by atoms with Crippen molar-refractivity contribution in [2.45, 2.75) is 224 Å². The van der Waals surface area contributed by atoms with Crippen LogP contribution in [0.2, 0.25) is 0 Å². The van der Waals surface area contributed by atoms with E-state index in [9.17, 15) is 54.0 Å². The first kappa shape index (κ1) is 59.6. The van der Waals surface area contributed by atoms with Gasteiger partial charge in [0.15, 0.2) is 66.4 Å². The van der Waals surface area contributed by atoms with Gasteiger partial charge in [0.2, 0.25) is 0 Å². The van der Waals surface area contributed by atoms with Crippen molar-refractivity contribution < 1.29 is 96.6 Å². The van der Waals surface area contributed by atoms with Crippen LogP contribution in [-0.4, -0.2) is 251 Å². The monoisotopic (exact) mass is 1570 g/mol. The highest BCUT2D eigenvalue weighted by Gasteiger charge is 2.49. The first-order valence-corrected chi connectivity index (χ1v) is 37.2. The average Bonchev–Trinajstić information content (AvgIpc) is 1.58. The number of benzene rings is 3. The van der Waals surface area contributed by atoms with Crippen LogP contribution >= 0.6 is 35.3 Å². The van der Waals surface area contributed by atoms with Crippen molar-refractivity contribution >= 4 is 86.2 Å². The maximum Gasteiger partial charge on any atom is 0.191 e. The molecule has 108 heavy (non-hydrogen) atoms. The Morgan fingerprint density at radius 1 is 0.463 bits per heavy atom. The summed E-state index contributed by atoms with van der Waals surface area (Å²) in [5.74, 6) is -4.28. The van der Waals surface area contributed by atoms with E-state index in [1.54, 1.807) is 71.0 Å². The fourth-order valence-electron chi connectivity index (χ4n) is 13.1. The van der Waals surface area contributed by atoms with E-state index in [1.165, 1.54) is 32.2 Å². The summed E-state index contributed by atoms with van der Waals surface area (Å²) in [6.45, 7) is -0.945. The number of ether oxygens (including phenoxy) is 3. The van der Waals surface area contributed by atoms with Gasteiger partial charge >= 0.3 is 0 Å². The van der Waals surface area contributed by atoms with Gasteiger partial charge in [0.25, 0.3) is 0 Å². The normalized spacial score (nSPS) is 32.9. The molecule has 6 aliphatic rings. The summed E-state index contributed by atoms with van der Waals surface area (Å²) in [5, 5.41) is 126. The van der Waals surface area contributed by atoms with Crippen LogP contribution in [-0.2, 0) is 14.2 Å². The Bertz CT molecular complexity index is 5460. The number of nitrogens with zero attached hydrogens (tertiary/aromatic N) is 15. The number of anilines is 3. The molecule has 6 fully saturated rings. The van der Waals surface area contributed by atoms with Crippen LogP contribution in [0.15, 0.2) is 70.1 Å². The van der Waals surface area contributed by atoms with Gasteiger partial charge in [0.1, 0.15) is 54.1 Å². The molecular weight excluding hydrogens is 1460 g/mol. The van der Waals surface area contributed by atoms with Crippen molar-refractivity contribution in [3.63, 3.8) is 0 Å². The third-order valence-corrected chi connectivity index (χ3v) is 21.4.